The summed E-state index contributed by atoms with van der Waals surface area (Å²) < 4.78 is 37.5. The fourth-order valence-electron chi connectivity index (χ4n) is 3.58. The maximum atomic E-state index is 13.7. The van der Waals surface area contributed by atoms with E-state index in [1.165, 1.54) is 28.2 Å². The van der Waals surface area contributed by atoms with Gasteiger partial charge in [-0.3, -0.25) is 4.79 Å². The second-order valence-electron chi connectivity index (χ2n) is 7.68. The third-order valence-electron chi connectivity index (χ3n) is 4.98. The van der Waals surface area contributed by atoms with Gasteiger partial charge in [0.2, 0.25) is 5.88 Å². The van der Waals surface area contributed by atoms with E-state index in [1.54, 1.807) is 35.8 Å². The molecular weight excluding hydrogens is 462 g/mol. The van der Waals surface area contributed by atoms with Crippen LogP contribution in [0.4, 0.5) is 8.78 Å². The van der Waals surface area contributed by atoms with Gasteiger partial charge in [-0.1, -0.05) is 12.1 Å². The third-order valence-corrected chi connectivity index (χ3v) is 5.77. The molecule has 0 atom stereocenters. The Kier molecular flexibility index (Phi) is 5.66. The summed E-state index contributed by atoms with van der Waals surface area (Å²) in [5, 5.41) is 4.55. The van der Waals surface area contributed by atoms with Gasteiger partial charge < -0.3 is 9.47 Å². The molecule has 0 saturated carbocycles. The van der Waals surface area contributed by atoms with Crippen LogP contribution in [0.25, 0.3) is 38.1 Å². The second kappa shape index (κ2) is 8.79. The summed E-state index contributed by atoms with van der Waals surface area (Å²) in [6.07, 6.45) is -0.112. The van der Waals surface area contributed by atoms with Crippen molar-refractivity contribution in [3.8, 4) is 28.4 Å². The largest absolute Gasteiger partial charge is 0.475 e. The smallest absolute Gasteiger partial charge is 0.387 e. The zero-order chi connectivity index (χ0) is 23.8. The number of aromatic nitrogens is 4. The number of hydrogen-bond acceptors (Lipinski definition) is 7. The molecule has 5 aromatic rings. The normalized spacial score (nSPS) is 11.6. The molecule has 0 unspecified atom stereocenters. The number of fused-ring (bicyclic) bond motifs is 2. The van der Waals surface area contributed by atoms with E-state index in [9.17, 15) is 13.6 Å². The predicted molar refractivity (Wildman–Crippen MR) is 126 cm³/mol. The first-order valence-corrected chi connectivity index (χ1v) is 11.3. The van der Waals surface area contributed by atoms with Crippen LogP contribution >= 0.6 is 11.3 Å². The van der Waals surface area contributed by atoms with Crippen LogP contribution in [-0.4, -0.2) is 32.5 Å². The molecule has 3 heterocycles. The van der Waals surface area contributed by atoms with Gasteiger partial charge in [-0.25, -0.2) is 9.97 Å². The average molecular weight is 480 g/mol. The van der Waals surface area contributed by atoms with Gasteiger partial charge in [0, 0.05) is 6.07 Å². The van der Waals surface area contributed by atoms with Crippen LogP contribution in [0.5, 0.6) is 11.6 Å². The van der Waals surface area contributed by atoms with Crippen LogP contribution in [-0.2, 0) is 0 Å². The van der Waals surface area contributed by atoms with E-state index in [4.69, 9.17) is 4.74 Å². The predicted octanol–water partition coefficient (Wildman–Crippen LogP) is 5.45. The van der Waals surface area contributed by atoms with Crippen LogP contribution in [0.15, 0.2) is 64.9 Å². The van der Waals surface area contributed by atoms with Crippen LogP contribution < -0.4 is 15.0 Å². The lowest BCUT2D eigenvalue weighted by Gasteiger charge is -2.13. The Balaban J connectivity index is 1.73. The van der Waals surface area contributed by atoms with Gasteiger partial charge in [0.1, 0.15) is 16.8 Å². The Morgan fingerprint density at radius 1 is 0.971 bits per heavy atom. The van der Waals surface area contributed by atoms with E-state index < -0.39 is 12.2 Å². The van der Waals surface area contributed by atoms with Crippen molar-refractivity contribution >= 4 is 32.6 Å². The zero-order valence-corrected chi connectivity index (χ0v) is 18.9. The molecule has 0 amide bonds. The molecule has 2 aromatic carbocycles. The Morgan fingerprint density at radius 2 is 1.74 bits per heavy atom. The van der Waals surface area contributed by atoms with E-state index in [0.29, 0.717) is 28.2 Å². The number of hydrogen-bond donors (Lipinski definition) is 0. The fraction of sp³-hybridized carbons (Fsp3) is 0.167. The molecule has 3 aromatic heterocycles. The topological polar surface area (TPSA) is 79.1 Å². The fourth-order valence-corrected chi connectivity index (χ4v) is 4.29. The molecule has 0 aliphatic heterocycles. The molecule has 5 rings (SSSR count). The lowest BCUT2D eigenvalue weighted by atomic mass is 10.1. The maximum Gasteiger partial charge on any atom is 0.387 e. The number of pyridine rings is 1. The van der Waals surface area contributed by atoms with Crippen LogP contribution in [0.2, 0.25) is 0 Å². The minimum absolute atomic E-state index is 0.00938. The number of thiazole rings is 1. The van der Waals surface area contributed by atoms with E-state index >= 15 is 0 Å². The van der Waals surface area contributed by atoms with Crippen molar-refractivity contribution < 1.29 is 18.3 Å². The van der Waals surface area contributed by atoms with Crippen molar-refractivity contribution in [2.24, 2.45) is 0 Å². The molecule has 0 aliphatic carbocycles. The first-order valence-electron chi connectivity index (χ1n) is 10.4. The number of nitrogens with zero attached hydrogens (tertiary/aromatic N) is 4. The Morgan fingerprint density at radius 3 is 2.47 bits per heavy atom. The molecule has 0 fully saturated rings. The molecule has 172 valence electrons. The molecule has 0 saturated heterocycles. The highest BCUT2D eigenvalue weighted by Crippen LogP contribution is 2.28. The van der Waals surface area contributed by atoms with E-state index in [0.717, 1.165) is 10.2 Å². The summed E-state index contributed by atoms with van der Waals surface area (Å²) >= 11 is 1.46. The first-order chi connectivity index (χ1) is 16.4. The van der Waals surface area contributed by atoms with Gasteiger partial charge in [0.05, 0.1) is 33.1 Å². The van der Waals surface area contributed by atoms with Gasteiger partial charge in [0.15, 0.2) is 0 Å². The molecule has 0 bridgehead atoms. The maximum absolute atomic E-state index is 13.7. The lowest BCUT2D eigenvalue weighted by Crippen LogP contribution is -2.23. The molecule has 0 N–H and O–H groups in total. The molecule has 34 heavy (non-hydrogen) atoms. The monoisotopic (exact) mass is 480 g/mol. The summed E-state index contributed by atoms with van der Waals surface area (Å²) in [6, 6.07) is 14.7. The Labute approximate surface area is 196 Å². The molecule has 10 heteroatoms. The SMILES string of the molecule is CC(C)Oc1ccc2nn(-c3ccc4ncsc4c3)c(=O)c(-c3ccc(OC(F)F)cc3)c2n1. The van der Waals surface area contributed by atoms with Gasteiger partial charge >= 0.3 is 6.61 Å². The van der Waals surface area contributed by atoms with Crippen molar-refractivity contribution in [2.75, 3.05) is 0 Å². The van der Waals surface area contributed by atoms with E-state index in [2.05, 4.69) is 19.8 Å². The highest BCUT2D eigenvalue weighted by atomic mass is 32.1. The highest BCUT2D eigenvalue weighted by molar-refractivity contribution is 7.16. The van der Waals surface area contributed by atoms with E-state index in [1.807, 2.05) is 26.0 Å². The van der Waals surface area contributed by atoms with Crippen molar-refractivity contribution in [1.29, 1.82) is 0 Å². The van der Waals surface area contributed by atoms with Gasteiger partial charge in [-0.15, -0.1) is 11.3 Å². The van der Waals surface area contributed by atoms with E-state index in [-0.39, 0.29) is 17.4 Å². The zero-order valence-electron chi connectivity index (χ0n) is 18.1. The van der Waals surface area contributed by atoms with Gasteiger partial charge in [-0.2, -0.15) is 18.6 Å². The number of ether oxygens (including phenoxy) is 2. The first kappa shape index (κ1) is 21.9. The minimum atomic E-state index is -2.94. The number of benzene rings is 2. The summed E-state index contributed by atoms with van der Waals surface area (Å²) in [5.74, 6) is 0.344. The van der Waals surface area contributed by atoms with Crippen molar-refractivity contribution in [3.05, 3.63) is 70.5 Å². The second-order valence-corrected chi connectivity index (χ2v) is 8.57. The van der Waals surface area contributed by atoms with Crippen molar-refractivity contribution in [3.63, 3.8) is 0 Å². The molecule has 7 nitrogen and oxygen atoms in total. The van der Waals surface area contributed by atoms with Gasteiger partial charge in [0.25, 0.3) is 5.56 Å². The quantitative estimate of drug-likeness (QED) is 0.322. The summed E-state index contributed by atoms with van der Waals surface area (Å²) in [6.45, 7) is 0.810. The van der Waals surface area contributed by atoms with Crippen LogP contribution in [0.1, 0.15) is 13.8 Å². The number of rotatable bonds is 6. The van der Waals surface area contributed by atoms with Crippen LogP contribution in [0, 0.1) is 0 Å². The standard InChI is InChI=1S/C24H18F2N4O3S/c1-13(2)32-20-10-9-18-22(28-20)21(14-3-6-16(7-4-14)33-24(25)26)23(31)30(29-18)15-5-8-17-19(11-15)34-12-27-17/h3-13,24H,1-2H3. The summed E-state index contributed by atoms with van der Waals surface area (Å²) in [4.78, 5) is 22.5. The minimum Gasteiger partial charge on any atom is -0.475 e. The summed E-state index contributed by atoms with van der Waals surface area (Å²) in [5.41, 5.74) is 4.31. The Bertz CT molecular complexity index is 1550. The number of alkyl halides is 2. The van der Waals surface area contributed by atoms with Crippen LogP contribution in [0.3, 0.4) is 0 Å². The Hall–Kier alpha value is -3.92. The molecular formula is C24H18F2N4O3S. The van der Waals surface area contributed by atoms with Crippen molar-refractivity contribution in [1.82, 2.24) is 19.7 Å². The number of halogens is 2. The summed E-state index contributed by atoms with van der Waals surface area (Å²) in [7, 11) is 0. The lowest BCUT2D eigenvalue weighted by molar-refractivity contribution is -0.0498. The highest BCUT2D eigenvalue weighted by Gasteiger charge is 2.18. The van der Waals surface area contributed by atoms with Gasteiger partial charge in [-0.05, 0) is 55.8 Å². The molecule has 0 aliphatic rings. The van der Waals surface area contributed by atoms with Crippen molar-refractivity contribution in [2.45, 2.75) is 26.6 Å². The third kappa shape index (κ3) is 4.19. The molecule has 0 radical (unpaired) electrons. The average Bonchev–Trinajstić information content (AvgIpc) is 3.27. The molecule has 0 spiro atoms.